The van der Waals surface area contributed by atoms with Gasteiger partial charge in [-0.3, -0.25) is 4.79 Å². The maximum Gasteiger partial charge on any atom is 0.264 e. The van der Waals surface area contributed by atoms with Crippen LogP contribution in [0.4, 0.5) is 0 Å². The number of aryl methyl sites for hydroxylation is 1. The standard InChI is InChI=1S/C23H31NO5S/c1-16-6-9-21(28-16)14-24(19-12-13-30(26,27)15-19)22(25)17(2)29-20-10-7-18(8-11-20)23(3,4)5/h6-11,17,19H,12-15H2,1-5H3/t17-,19+/m0/s1. The smallest absolute Gasteiger partial charge is 0.264 e. The third-order valence-electron chi connectivity index (χ3n) is 5.44. The minimum absolute atomic E-state index is 0.0224. The highest BCUT2D eigenvalue weighted by Crippen LogP contribution is 2.26. The van der Waals surface area contributed by atoms with Gasteiger partial charge in [-0.05, 0) is 55.5 Å². The largest absolute Gasteiger partial charge is 0.481 e. The first kappa shape index (κ1) is 22.4. The van der Waals surface area contributed by atoms with Gasteiger partial charge >= 0.3 is 0 Å². The van der Waals surface area contributed by atoms with Crippen LogP contribution in [-0.4, -0.2) is 42.9 Å². The van der Waals surface area contributed by atoms with Crippen LogP contribution in [0.1, 0.15) is 51.2 Å². The van der Waals surface area contributed by atoms with Crippen molar-refractivity contribution in [2.24, 2.45) is 0 Å². The van der Waals surface area contributed by atoms with Gasteiger partial charge in [0.15, 0.2) is 15.9 Å². The Hall–Kier alpha value is -2.28. The second kappa shape index (κ2) is 8.46. The molecular weight excluding hydrogens is 402 g/mol. The second-order valence-electron chi connectivity index (χ2n) is 9.07. The average Bonchev–Trinajstić information content (AvgIpc) is 3.23. The molecule has 1 fully saturated rings. The second-order valence-corrected chi connectivity index (χ2v) is 11.3. The predicted molar refractivity (Wildman–Crippen MR) is 116 cm³/mol. The normalized spacial score (nSPS) is 19.4. The quantitative estimate of drug-likeness (QED) is 0.691. The number of hydrogen-bond donors (Lipinski definition) is 0. The van der Waals surface area contributed by atoms with Crippen molar-refractivity contribution < 1.29 is 22.4 Å². The number of nitrogens with zero attached hydrogens (tertiary/aromatic N) is 1. The number of ether oxygens (including phenoxy) is 1. The molecule has 2 atom stereocenters. The molecule has 1 saturated heterocycles. The van der Waals surface area contributed by atoms with E-state index in [-0.39, 0.29) is 35.4 Å². The highest BCUT2D eigenvalue weighted by atomic mass is 32.2. The summed E-state index contributed by atoms with van der Waals surface area (Å²) in [5.41, 5.74) is 1.21. The van der Waals surface area contributed by atoms with Crippen molar-refractivity contribution in [1.29, 1.82) is 0 Å². The molecule has 1 aromatic carbocycles. The first-order valence-electron chi connectivity index (χ1n) is 10.3. The van der Waals surface area contributed by atoms with Gasteiger partial charge in [-0.15, -0.1) is 0 Å². The maximum absolute atomic E-state index is 13.2. The summed E-state index contributed by atoms with van der Waals surface area (Å²) < 4.78 is 35.6. The van der Waals surface area contributed by atoms with E-state index in [0.717, 1.165) is 5.76 Å². The molecule has 2 aromatic rings. The van der Waals surface area contributed by atoms with Crippen LogP contribution < -0.4 is 4.74 Å². The van der Waals surface area contributed by atoms with Gasteiger partial charge in [0.2, 0.25) is 0 Å². The molecule has 7 heteroatoms. The number of rotatable bonds is 6. The first-order chi connectivity index (χ1) is 13.9. The molecule has 164 valence electrons. The van der Waals surface area contributed by atoms with Crippen LogP contribution in [0.25, 0.3) is 0 Å². The summed E-state index contributed by atoms with van der Waals surface area (Å²) in [6.45, 7) is 10.2. The molecule has 1 aromatic heterocycles. The van der Waals surface area contributed by atoms with E-state index in [0.29, 0.717) is 17.9 Å². The fourth-order valence-electron chi connectivity index (χ4n) is 3.67. The van der Waals surface area contributed by atoms with Gasteiger partial charge in [0.25, 0.3) is 5.91 Å². The fraction of sp³-hybridized carbons (Fsp3) is 0.522. The van der Waals surface area contributed by atoms with E-state index in [2.05, 4.69) is 20.8 Å². The lowest BCUT2D eigenvalue weighted by Gasteiger charge is -2.30. The first-order valence-corrected chi connectivity index (χ1v) is 12.1. The Morgan fingerprint density at radius 3 is 2.37 bits per heavy atom. The molecular formula is C23H31NO5S. The molecule has 0 N–H and O–H groups in total. The topological polar surface area (TPSA) is 76.8 Å². The van der Waals surface area contributed by atoms with Crippen LogP contribution >= 0.6 is 0 Å². The predicted octanol–water partition coefficient (Wildman–Crippen LogP) is 3.87. The summed E-state index contributed by atoms with van der Waals surface area (Å²) in [5, 5.41) is 0. The Balaban J connectivity index is 1.75. The summed E-state index contributed by atoms with van der Waals surface area (Å²) in [5.74, 6) is 1.82. The van der Waals surface area contributed by atoms with Crippen molar-refractivity contribution in [3.05, 3.63) is 53.5 Å². The monoisotopic (exact) mass is 433 g/mol. The number of carbonyl (C=O) groups is 1. The molecule has 0 aliphatic carbocycles. The SMILES string of the molecule is Cc1ccc(CN(C(=O)[C@H](C)Oc2ccc(C(C)(C)C)cc2)[C@@H]2CCS(=O)(=O)C2)o1. The number of benzene rings is 1. The molecule has 2 heterocycles. The summed E-state index contributed by atoms with van der Waals surface area (Å²) in [7, 11) is -3.13. The fourth-order valence-corrected chi connectivity index (χ4v) is 5.40. The highest BCUT2D eigenvalue weighted by molar-refractivity contribution is 7.91. The Labute approximate surface area is 179 Å². The molecule has 0 bridgehead atoms. The number of furan rings is 1. The van der Waals surface area contributed by atoms with E-state index in [1.165, 1.54) is 5.56 Å². The zero-order chi connectivity index (χ0) is 22.1. The summed E-state index contributed by atoms with van der Waals surface area (Å²) in [4.78, 5) is 14.8. The van der Waals surface area contributed by atoms with Crippen LogP contribution in [-0.2, 0) is 26.6 Å². The Bertz CT molecular complexity index is 985. The molecule has 0 spiro atoms. The number of sulfone groups is 1. The lowest BCUT2D eigenvalue weighted by Crippen LogP contribution is -2.46. The summed E-state index contributed by atoms with van der Waals surface area (Å²) in [6, 6.07) is 11.0. The van der Waals surface area contributed by atoms with E-state index in [9.17, 15) is 13.2 Å². The van der Waals surface area contributed by atoms with Crippen molar-refractivity contribution in [3.8, 4) is 5.75 Å². The Kier molecular flexibility index (Phi) is 6.32. The molecule has 1 amide bonds. The van der Waals surface area contributed by atoms with Gasteiger partial charge in [0.1, 0.15) is 17.3 Å². The Morgan fingerprint density at radius 2 is 1.87 bits per heavy atom. The molecule has 6 nitrogen and oxygen atoms in total. The molecule has 1 aliphatic rings. The third kappa shape index (κ3) is 5.45. The zero-order valence-electron chi connectivity index (χ0n) is 18.3. The van der Waals surface area contributed by atoms with Crippen LogP contribution in [0, 0.1) is 6.92 Å². The lowest BCUT2D eigenvalue weighted by molar-refractivity contribution is -0.140. The van der Waals surface area contributed by atoms with Gasteiger partial charge in [0, 0.05) is 6.04 Å². The van der Waals surface area contributed by atoms with Crippen LogP contribution in [0.5, 0.6) is 5.75 Å². The van der Waals surface area contributed by atoms with E-state index < -0.39 is 15.9 Å². The van der Waals surface area contributed by atoms with Gasteiger partial charge in [-0.25, -0.2) is 8.42 Å². The Morgan fingerprint density at radius 1 is 1.20 bits per heavy atom. The minimum Gasteiger partial charge on any atom is -0.481 e. The molecule has 0 unspecified atom stereocenters. The van der Waals surface area contributed by atoms with Crippen LogP contribution in [0.3, 0.4) is 0 Å². The van der Waals surface area contributed by atoms with Gasteiger partial charge in [-0.1, -0.05) is 32.9 Å². The summed E-state index contributed by atoms with van der Waals surface area (Å²) >= 11 is 0. The number of amides is 1. The van der Waals surface area contributed by atoms with Crippen molar-refractivity contribution in [2.75, 3.05) is 11.5 Å². The van der Waals surface area contributed by atoms with Crippen molar-refractivity contribution in [2.45, 2.75) is 65.1 Å². The molecule has 30 heavy (non-hydrogen) atoms. The van der Waals surface area contributed by atoms with E-state index >= 15 is 0 Å². The highest BCUT2D eigenvalue weighted by Gasteiger charge is 2.37. The number of carbonyl (C=O) groups excluding carboxylic acids is 1. The van der Waals surface area contributed by atoms with Crippen LogP contribution in [0.15, 0.2) is 40.8 Å². The number of hydrogen-bond acceptors (Lipinski definition) is 5. The lowest BCUT2D eigenvalue weighted by atomic mass is 9.87. The van der Waals surface area contributed by atoms with Crippen LogP contribution in [0.2, 0.25) is 0 Å². The van der Waals surface area contributed by atoms with E-state index in [1.54, 1.807) is 11.8 Å². The van der Waals surface area contributed by atoms with E-state index in [1.807, 2.05) is 43.3 Å². The van der Waals surface area contributed by atoms with E-state index in [4.69, 9.17) is 9.15 Å². The average molecular weight is 434 g/mol. The molecule has 3 rings (SSSR count). The minimum atomic E-state index is -3.13. The summed E-state index contributed by atoms with van der Waals surface area (Å²) in [6.07, 6.45) is -0.314. The van der Waals surface area contributed by atoms with Crippen molar-refractivity contribution in [3.63, 3.8) is 0 Å². The molecule has 0 radical (unpaired) electrons. The van der Waals surface area contributed by atoms with Gasteiger partial charge in [-0.2, -0.15) is 0 Å². The van der Waals surface area contributed by atoms with Gasteiger partial charge < -0.3 is 14.1 Å². The van der Waals surface area contributed by atoms with Crippen molar-refractivity contribution in [1.82, 2.24) is 4.90 Å². The molecule has 0 saturated carbocycles. The van der Waals surface area contributed by atoms with Gasteiger partial charge in [0.05, 0.1) is 18.1 Å². The zero-order valence-corrected chi connectivity index (χ0v) is 19.2. The molecule has 1 aliphatic heterocycles. The van der Waals surface area contributed by atoms with Crippen molar-refractivity contribution >= 4 is 15.7 Å². The third-order valence-corrected chi connectivity index (χ3v) is 7.19. The maximum atomic E-state index is 13.2.